The molecule has 0 atom stereocenters. The molecule has 0 saturated carbocycles. The largest absolute Gasteiger partial charge is 0.506 e. The molecule has 0 aliphatic carbocycles. The van der Waals surface area contributed by atoms with Crippen LogP contribution in [-0.2, 0) is 14.9 Å². The van der Waals surface area contributed by atoms with Crippen LogP contribution in [0.1, 0.15) is 10.4 Å². The van der Waals surface area contributed by atoms with E-state index in [-0.39, 0.29) is 11.3 Å². The Balaban J connectivity index is 2.82. The first kappa shape index (κ1) is 15.9. The molecule has 0 amide bonds. The van der Waals surface area contributed by atoms with E-state index in [9.17, 15) is 18.3 Å². The Morgan fingerprint density at radius 1 is 1.28 bits per heavy atom. The number of esters is 1. The molecule has 0 saturated heterocycles. The lowest BCUT2D eigenvalue weighted by molar-refractivity contribution is 0.0523. The second kappa shape index (κ2) is 6.34. The van der Waals surface area contributed by atoms with Crippen LogP contribution in [0, 0.1) is 7.14 Å². The molecule has 0 fully saturated rings. The molecule has 6 nitrogen and oxygen atoms in total. The molecule has 0 heterocycles. The fourth-order valence-corrected chi connectivity index (χ4v) is 2.45. The van der Waals surface area contributed by atoms with E-state index in [1.54, 1.807) is 12.1 Å². The third-order valence-electron chi connectivity index (χ3n) is 1.86. The molecule has 0 aliphatic rings. The first-order valence-corrected chi connectivity index (χ1v) is 8.28. The van der Waals surface area contributed by atoms with Crippen LogP contribution >= 0.6 is 45.2 Å². The van der Waals surface area contributed by atoms with E-state index in [2.05, 4.69) is 4.74 Å². The van der Waals surface area contributed by atoms with Crippen LogP contribution in [0.2, 0.25) is 0 Å². The summed E-state index contributed by atoms with van der Waals surface area (Å²) in [5.41, 5.74) is -0.0159. The van der Waals surface area contributed by atoms with E-state index >= 15 is 0 Å². The maximum atomic E-state index is 11.7. The van der Waals surface area contributed by atoms with Crippen LogP contribution in [0.4, 0.5) is 0 Å². The SMILES string of the molecule is O=C(OCCS(=O)(=O)O)c1c(I)ccc(I)c1O. The Morgan fingerprint density at radius 2 is 1.83 bits per heavy atom. The maximum absolute atomic E-state index is 11.7. The number of phenolic OH excluding ortho intramolecular Hbond substituents is 1. The Labute approximate surface area is 131 Å². The highest BCUT2D eigenvalue weighted by molar-refractivity contribution is 14.1. The highest BCUT2D eigenvalue weighted by Crippen LogP contribution is 2.29. The van der Waals surface area contributed by atoms with Gasteiger partial charge in [-0.05, 0) is 57.3 Å². The molecule has 18 heavy (non-hydrogen) atoms. The summed E-state index contributed by atoms with van der Waals surface area (Å²) in [6, 6.07) is 3.26. The minimum absolute atomic E-state index is 0.0159. The molecule has 1 rings (SSSR count). The number of benzene rings is 1. The first-order chi connectivity index (χ1) is 8.22. The molecule has 0 radical (unpaired) electrons. The summed E-state index contributed by atoms with van der Waals surface area (Å²) in [5, 5.41) is 9.73. The lowest BCUT2D eigenvalue weighted by Crippen LogP contribution is -2.15. The van der Waals surface area contributed by atoms with Crippen molar-refractivity contribution in [2.75, 3.05) is 12.4 Å². The Bertz CT molecular complexity index is 569. The van der Waals surface area contributed by atoms with Gasteiger partial charge >= 0.3 is 5.97 Å². The van der Waals surface area contributed by atoms with Gasteiger partial charge in [0.2, 0.25) is 0 Å². The average Bonchev–Trinajstić information content (AvgIpc) is 2.22. The number of carbonyl (C=O) groups is 1. The van der Waals surface area contributed by atoms with E-state index in [1.807, 2.05) is 45.2 Å². The van der Waals surface area contributed by atoms with Gasteiger partial charge in [-0.25, -0.2) is 4.79 Å². The van der Waals surface area contributed by atoms with E-state index in [0.29, 0.717) is 7.14 Å². The fourth-order valence-electron chi connectivity index (χ4n) is 1.05. The van der Waals surface area contributed by atoms with Crippen LogP contribution in [0.3, 0.4) is 0 Å². The average molecular weight is 498 g/mol. The Hall–Kier alpha value is -0.140. The fraction of sp³-hybridized carbons (Fsp3) is 0.222. The molecule has 1 aromatic carbocycles. The van der Waals surface area contributed by atoms with Gasteiger partial charge in [0, 0.05) is 3.57 Å². The van der Waals surface area contributed by atoms with Gasteiger partial charge in [0.25, 0.3) is 10.1 Å². The summed E-state index contributed by atoms with van der Waals surface area (Å²) in [7, 11) is -4.17. The molecular formula is C9H8I2O6S. The van der Waals surface area contributed by atoms with Crippen LogP contribution < -0.4 is 0 Å². The highest BCUT2D eigenvalue weighted by Gasteiger charge is 2.19. The van der Waals surface area contributed by atoms with Crippen LogP contribution in [0.5, 0.6) is 5.75 Å². The number of hydrogen-bond donors (Lipinski definition) is 2. The van der Waals surface area contributed by atoms with Gasteiger partial charge in [-0.2, -0.15) is 8.42 Å². The van der Waals surface area contributed by atoms with E-state index in [1.165, 1.54) is 0 Å². The summed E-state index contributed by atoms with van der Waals surface area (Å²) in [4.78, 5) is 11.7. The summed E-state index contributed by atoms with van der Waals surface area (Å²) in [6.07, 6.45) is 0. The van der Waals surface area contributed by atoms with Crippen molar-refractivity contribution in [3.8, 4) is 5.75 Å². The standard InChI is InChI=1S/C9H8I2O6S/c10-5-1-2-6(11)8(12)7(5)9(13)17-3-4-18(14,15)16/h1-2,12H,3-4H2,(H,14,15,16). The van der Waals surface area contributed by atoms with Crippen molar-refractivity contribution in [2.24, 2.45) is 0 Å². The lowest BCUT2D eigenvalue weighted by atomic mass is 10.2. The van der Waals surface area contributed by atoms with Gasteiger partial charge in [0.15, 0.2) is 0 Å². The second-order valence-electron chi connectivity index (χ2n) is 3.17. The Kier molecular flexibility index (Phi) is 5.61. The predicted molar refractivity (Wildman–Crippen MR) is 80.2 cm³/mol. The predicted octanol–water partition coefficient (Wildman–Crippen LogP) is 1.65. The molecule has 1 aromatic rings. The molecular weight excluding hydrogens is 490 g/mol. The zero-order chi connectivity index (χ0) is 13.9. The minimum Gasteiger partial charge on any atom is -0.506 e. The molecule has 0 spiro atoms. The third kappa shape index (κ3) is 4.51. The zero-order valence-corrected chi connectivity index (χ0v) is 13.9. The van der Waals surface area contributed by atoms with Gasteiger partial charge in [-0.1, -0.05) is 0 Å². The van der Waals surface area contributed by atoms with Crippen molar-refractivity contribution in [3.05, 3.63) is 24.8 Å². The van der Waals surface area contributed by atoms with Crippen LogP contribution in [0.15, 0.2) is 12.1 Å². The van der Waals surface area contributed by atoms with E-state index in [0.717, 1.165) is 0 Å². The van der Waals surface area contributed by atoms with Gasteiger partial charge in [-0.3, -0.25) is 4.55 Å². The van der Waals surface area contributed by atoms with Crippen molar-refractivity contribution < 1.29 is 27.6 Å². The topological polar surface area (TPSA) is 101 Å². The minimum atomic E-state index is -4.17. The normalized spacial score (nSPS) is 11.3. The number of carbonyl (C=O) groups excluding carboxylic acids is 1. The van der Waals surface area contributed by atoms with E-state index < -0.39 is 28.4 Å². The lowest BCUT2D eigenvalue weighted by Gasteiger charge is -2.08. The van der Waals surface area contributed by atoms with Gasteiger partial charge in [0.05, 0.1) is 3.57 Å². The number of halogens is 2. The summed E-state index contributed by atoms with van der Waals surface area (Å²) in [6.45, 7) is -0.474. The van der Waals surface area contributed by atoms with Crippen LogP contribution in [0.25, 0.3) is 0 Å². The third-order valence-corrected chi connectivity index (χ3v) is 4.31. The van der Waals surface area contributed by atoms with Gasteiger partial charge in [0.1, 0.15) is 23.7 Å². The maximum Gasteiger partial charge on any atom is 0.343 e. The number of rotatable bonds is 4. The molecule has 9 heteroatoms. The monoisotopic (exact) mass is 498 g/mol. The highest BCUT2D eigenvalue weighted by atomic mass is 127. The summed E-state index contributed by atoms with van der Waals surface area (Å²) in [5.74, 6) is -1.72. The molecule has 0 aliphatic heterocycles. The smallest absolute Gasteiger partial charge is 0.343 e. The summed E-state index contributed by atoms with van der Waals surface area (Å²) < 4.78 is 35.0. The van der Waals surface area contributed by atoms with Crippen molar-refractivity contribution in [1.82, 2.24) is 0 Å². The molecule has 0 unspecified atom stereocenters. The second-order valence-corrected chi connectivity index (χ2v) is 7.07. The van der Waals surface area contributed by atoms with Crippen LogP contribution in [-0.4, -0.2) is 36.4 Å². The zero-order valence-electron chi connectivity index (χ0n) is 8.76. The van der Waals surface area contributed by atoms with Crippen molar-refractivity contribution in [2.45, 2.75) is 0 Å². The van der Waals surface area contributed by atoms with Crippen molar-refractivity contribution >= 4 is 61.3 Å². The first-order valence-electron chi connectivity index (χ1n) is 4.51. The quantitative estimate of drug-likeness (QED) is 0.372. The number of aromatic hydroxyl groups is 1. The molecule has 2 N–H and O–H groups in total. The number of phenols is 1. The Morgan fingerprint density at radius 3 is 2.39 bits per heavy atom. The van der Waals surface area contributed by atoms with Crippen molar-refractivity contribution in [1.29, 1.82) is 0 Å². The van der Waals surface area contributed by atoms with Crippen molar-refractivity contribution in [3.63, 3.8) is 0 Å². The van der Waals surface area contributed by atoms with E-state index in [4.69, 9.17) is 4.55 Å². The van der Waals surface area contributed by atoms with Gasteiger partial charge < -0.3 is 9.84 Å². The number of hydrogen-bond acceptors (Lipinski definition) is 5. The summed E-state index contributed by atoms with van der Waals surface area (Å²) >= 11 is 3.71. The number of ether oxygens (including phenoxy) is 1. The molecule has 0 aromatic heterocycles. The molecule has 100 valence electrons. The molecule has 0 bridgehead atoms. The van der Waals surface area contributed by atoms with Gasteiger partial charge in [-0.15, -0.1) is 0 Å².